The predicted octanol–water partition coefficient (Wildman–Crippen LogP) is 3.47. The van der Waals surface area contributed by atoms with E-state index in [1.165, 1.54) is 10.9 Å². The normalized spacial score (nSPS) is 17.5. The van der Waals surface area contributed by atoms with Gasteiger partial charge in [-0.1, -0.05) is 25.4 Å². The minimum Gasteiger partial charge on any atom is -0.490 e. The fraction of sp³-hybridized carbons (Fsp3) is 0.520. The molecule has 0 radical (unpaired) electrons. The molecule has 2 aliphatic heterocycles. The molecule has 3 aromatic heterocycles. The van der Waals surface area contributed by atoms with Crippen LogP contribution in [-0.2, 0) is 4.74 Å². The van der Waals surface area contributed by atoms with Crippen LogP contribution in [0.1, 0.15) is 51.9 Å². The van der Waals surface area contributed by atoms with E-state index in [9.17, 15) is 9.59 Å². The van der Waals surface area contributed by atoms with E-state index in [0.29, 0.717) is 59.3 Å². The van der Waals surface area contributed by atoms with Gasteiger partial charge in [-0.15, -0.1) is 0 Å². The topological polar surface area (TPSA) is 116 Å². The monoisotopic (exact) mass is 527 g/mol. The van der Waals surface area contributed by atoms with Gasteiger partial charge in [0, 0.05) is 25.7 Å². The summed E-state index contributed by atoms with van der Waals surface area (Å²) in [6.45, 7) is 12.8. The predicted molar refractivity (Wildman–Crippen MR) is 139 cm³/mol. The van der Waals surface area contributed by atoms with Crippen molar-refractivity contribution >= 4 is 34.5 Å². The molecule has 5 rings (SSSR count). The van der Waals surface area contributed by atoms with E-state index in [4.69, 9.17) is 21.1 Å². The summed E-state index contributed by atoms with van der Waals surface area (Å²) in [6.07, 6.45) is 1.11. The highest BCUT2D eigenvalue weighted by molar-refractivity contribution is 6.30. The third-order valence-electron chi connectivity index (χ3n) is 6.40. The molecular formula is C25H30ClN7O4. The molecule has 0 spiro atoms. The molecule has 12 heteroatoms. The number of anilines is 1. The second kappa shape index (κ2) is 9.13. The fourth-order valence-corrected chi connectivity index (χ4v) is 4.98. The molecule has 2 aliphatic rings. The second-order valence-corrected chi connectivity index (χ2v) is 11.0. The third-order valence-corrected chi connectivity index (χ3v) is 6.60. The Morgan fingerprint density at radius 3 is 2.68 bits per heavy atom. The third kappa shape index (κ3) is 4.56. The van der Waals surface area contributed by atoms with E-state index in [2.05, 4.69) is 19.9 Å². The van der Waals surface area contributed by atoms with Crippen LogP contribution in [0.4, 0.5) is 10.6 Å². The first-order chi connectivity index (χ1) is 17.4. The number of rotatable bonds is 2. The van der Waals surface area contributed by atoms with Crippen LogP contribution in [0, 0.1) is 6.92 Å². The number of hydrogen-bond acceptors (Lipinski definition) is 9. The van der Waals surface area contributed by atoms with E-state index in [0.717, 1.165) is 0 Å². The van der Waals surface area contributed by atoms with Gasteiger partial charge in [0.15, 0.2) is 5.65 Å². The summed E-state index contributed by atoms with van der Waals surface area (Å²) in [7, 11) is 0. The number of pyridine rings is 1. The van der Waals surface area contributed by atoms with Crippen molar-refractivity contribution in [3.05, 3.63) is 39.4 Å². The van der Waals surface area contributed by atoms with Gasteiger partial charge >= 0.3 is 11.8 Å². The molecule has 0 aliphatic carbocycles. The van der Waals surface area contributed by atoms with Crippen LogP contribution in [0.25, 0.3) is 16.7 Å². The molecule has 1 atom stereocenters. The first-order valence-corrected chi connectivity index (χ1v) is 12.6. The van der Waals surface area contributed by atoms with Crippen molar-refractivity contribution in [3.8, 4) is 11.4 Å². The molecule has 0 saturated carbocycles. The number of aryl methyl sites for hydroxylation is 1. The molecule has 1 amide bonds. The van der Waals surface area contributed by atoms with Crippen LogP contribution in [-0.4, -0.2) is 73.4 Å². The zero-order valence-corrected chi connectivity index (χ0v) is 22.5. The first kappa shape index (κ1) is 25.2. The largest absolute Gasteiger partial charge is 0.490 e. The molecule has 1 fully saturated rings. The summed E-state index contributed by atoms with van der Waals surface area (Å²) in [4.78, 5) is 48.0. The summed E-state index contributed by atoms with van der Waals surface area (Å²) < 4.78 is 13.2. The zero-order chi connectivity index (χ0) is 26.6. The maximum Gasteiger partial charge on any atom is 0.410 e. The van der Waals surface area contributed by atoms with Gasteiger partial charge in [-0.2, -0.15) is 4.98 Å². The highest BCUT2D eigenvalue weighted by Gasteiger charge is 2.37. The van der Waals surface area contributed by atoms with Crippen molar-refractivity contribution in [2.45, 2.75) is 59.1 Å². The van der Waals surface area contributed by atoms with E-state index in [-0.39, 0.29) is 29.8 Å². The number of nitrogens with zero attached hydrogens (tertiary/aromatic N) is 7. The minimum absolute atomic E-state index is 0.0224. The van der Waals surface area contributed by atoms with Crippen LogP contribution in [0.5, 0.6) is 5.75 Å². The lowest BCUT2D eigenvalue weighted by Gasteiger charge is -2.41. The maximum atomic E-state index is 13.7. The number of halogens is 1. The van der Waals surface area contributed by atoms with Crippen LogP contribution < -0.4 is 15.3 Å². The van der Waals surface area contributed by atoms with Gasteiger partial charge in [-0.3, -0.25) is 0 Å². The Balaban J connectivity index is 1.65. The van der Waals surface area contributed by atoms with Gasteiger partial charge < -0.3 is 19.3 Å². The molecule has 0 aromatic carbocycles. The van der Waals surface area contributed by atoms with Gasteiger partial charge in [0.05, 0.1) is 23.1 Å². The SMILES string of the molecule is Cc1ncnc(C(C)C)c1-n1c(=O)nc2c3c(cc(Cl)nc31)OC[C@H]1CN(C(=O)OC(C)(C)C)CCN21. The van der Waals surface area contributed by atoms with Gasteiger partial charge in [-0.25, -0.2) is 29.1 Å². The Labute approximate surface area is 219 Å². The summed E-state index contributed by atoms with van der Waals surface area (Å²) in [5, 5.41) is 0.763. The lowest BCUT2D eigenvalue weighted by Crippen LogP contribution is -2.57. The smallest absolute Gasteiger partial charge is 0.410 e. The van der Waals surface area contributed by atoms with Gasteiger partial charge in [0.1, 0.15) is 40.6 Å². The Morgan fingerprint density at radius 1 is 1.22 bits per heavy atom. The highest BCUT2D eigenvalue weighted by Crippen LogP contribution is 2.38. The number of amides is 1. The van der Waals surface area contributed by atoms with Gasteiger partial charge in [0.2, 0.25) is 0 Å². The quantitative estimate of drug-likeness (QED) is 0.462. The number of fused-ring (bicyclic) bond motifs is 2. The van der Waals surface area contributed by atoms with Gasteiger partial charge in [0.25, 0.3) is 0 Å². The van der Waals surface area contributed by atoms with Crippen molar-refractivity contribution in [3.63, 3.8) is 0 Å². The summed E-state index contributed by atoms with van der Waals surface area (Å²) in [5.41, 5.74) is 1.08. The number of carbonyl (C=O) groups is 1. The Morgan fingerprint density at radius 2 is 1.97 bits per heavy atom. The average Bonchev–Trinajstić information content (AvgIpc) is 2.95. The Kier molecular flexibility index (Phi) is 6.21. The van der Waals surface area contributed by atoms with Crippen molar-refractivity contribution in [2.75, 3.05) is 31.1 Å². The molecule has 196 valence electrons. The summed E-state index contributed by atoms with van der Waals surface area (Å²) in [5.74, 6) is 0.960. The molecule has 3 aromatic rings. The van der Waals surface area contributed by atoms with Crippen molar-refractivity contribution in [1.82, 2.24) is 29.4 Å². The molecule has 11 nitrogen and oxygen atoms in total. The van der Waals surface area contributed by atoms with Crippen molar-refractivity contribution in [2.24, 2.45) is 0 Å². The highest BCUT2D eigenvalue weighted by atomic mass is 35.5. The Hall–Kier alpha value is -3.47. The maximum absolute atomic E-state index is 13.7. The second-order valence-electron chi connectivity index (χ2n) is 10.6. The lowest BCUT2D eigenvalue weighted by molar-refractivity contribution is 0.0202. The molecule has 37 heavy (non-hydrogen) atoms. The number of hydrogen-bond donors (Lipinski definition) is 0. The molecule has 0 bridgehead atoms. The molecule has 0 N–H and O–H groups in total. The van der Waals surface area contributed by atoms with Crippen molar-refractivity contribution in [1.29, 1.82) is 0 Å². The Bertz CT molecular complexity index is 1450. The van der Waals surface area contributed by atoms with Crippen molar-refractivity contribution < 1.29 is 14.3 Å². The van der Waals surface area contributed by atoms with E-state index >= 15 is 0 Å². The van der Waals surface area contributed by atoms with Crippen LogP contribution in [0.3, 0.4) is 0 Å². The van der Waals surface area contributed by atoms with E-state index < -0.39 is 11.3 Å². The van der Waals surface area contributed by atoms with Gasteiger partial charge in [-0.05, 0) is 33.6 Å². The van der Waals surface area contributed by atoms with Crippen LogP contribution >= 0.6 is 11.6 Å². The lowest BCUT2D eigenvalue weighted by atomic mass is 10.1. The van der Waals surface area contributed by atoms with Crippen LogP contribution in [0.15, 0.2) is 17.2 Å². The average molecular weight is 528 g/mol. The number of carbonyl (C=O) groups excluding carboxylic acids is 1. The van der Waals surface area contributed by atoms with E-state index in [1.54, 1.807) is 11.0 Å². The molecule has 0 unspecified atom stereocenters. The molecule has 5 heterocycles. The number of piperazine rings is 1. The summed E-state index contributed by atoms with van der Waals surface area (Å²) >= 11 is 6.42. The zero-order valence-electron chi connectivity index (χ0n) is 21.8. The molecule has 1 saturated heterocycles. The standard InChI is InChI=1S/C25H30ClN7O4/c1-13(2)19-20(14(3)27-12-28-19)33-22-18-16(9-17(26)29-22)36-11-15-10-31(24(35)37-25(4,5)6)7-8-32(15)21(18)30-23(33)34/h9,12-13,15H,7-8,10-11H2,1-6H3/t15-/m1/s1. The number of aromatic nitrogens is 5. The van der Waals surface area contributed by atoms with Crippen LogP contribution in [0.2, 0.25) is 5.15 Å². The fourth-order valence-electron chi connectivity index (χ4n) is 4.80. The summed E-state index contributed by atoms with van der Waals surface area (Å²) in [6, 6.07) is 1.39. The minimum atomic E-state index is -0.598. The number of ether oxygens (including phenoxy) is 2. The molecular weight excluding hydrogens is 498 g/mol. The first-order valence-electron chi connectivity index (χ1n) is 12.3. The van der Waals surface area contributed by atoms with E-state index in [1.807, 2.05) is 46.4 Å².